The van der Waals surface area contributed by atoms with E-state index >= 15 is 0 Å². The van der Waals surface area contributed by atoms with E-state index in [9.17, 15) is 0 Å². The second-order valence-electron chi connectivity index (χ2n) is 8.23. The van der Waals surface area contributed by atoms with Gasteiger partial charge in [0.1, 0.15) is 0 Å². The summed E-state index contributed by atoms with van der Waals surface area (Å²) in [6.45, 7) is 4.21. The summed E-state index contributed by atoms with van der Waals surface area (Å²) in [6, 6.07) is 21.6. The van der Waals surface area contributed by atoms with Crippen molar-refractivity contribution in [1.29, 1.82) is 0 Å². The molecular formula is C28H41N. The predicted octanol–water partition coefficient (Wildman–Crippen LogP) is 8.51. The Labute approximate surface area is 179 Å². The summed E-state index contributed by atoms with van der Waals surface area (Å²) in [5.41, 5.74) is 2.74. The summed E-state index contributed by atoms with van der Waals surface area (Å²) in [5.74, 6) is 0. The molecule has 2 aromatic carbocycles. The molecule has 158 valence electrons. The van der Waals surface area contributed by atoms with Crippen molar-refractivity contribution in [1.82, 2.24) is 4.90 Å². The van der Waals surface area contributed by atoms with E-state index in [0.29, 0.717) is 0 Å². The molecule has 1 nitrogen and oxygen atoms in total. The number of benzene rings is 2. The minimum atomic E-state index is 0.963. The van der Waals surface area contributed by atoms with Crippen molar-refractivity contribution in [3.8, 4) is 0 Å². The lowest BCUT2D eigenvalue weighted by Gasteiger charge is -2.21. The molecule has 1 heteroatoms. The first-order chi connectivity index (χ1) is 14.4. The highest BCUT2D eigenvalue weighted by Crippen LogP contribution is 2.13. The normalized spacial score (nSPS) is 11.2. The highest BCUT2D eigenvalue weighted by Gasteiger charge is 2.02. The SMILES string of the molecule is CCCCCCCCCCCC/C=C\N(Cc1ccccc1)Cc1ccccc1. The molecule has 2 rings (SSSR count). The molecule has 0 heterocycles. The first-order valence-corrected chi connectivity index (χ1v) is 11.9. The maximum absolute atomic E-state index is 2.43. The van der Waals surface area contributed by atoms with Crippen LogP contribution in [-0.4, -0.2) is 4.90 Å². The van der Waals surface area contributed by atoms with Gasteiger partial charge in [-0.1, -0.05) is 131 Å². The van der Waals surface area contributed by atoms with Gasteiger partial charge in [0.2, 0.25) is 0 Å². The Kier molecular flexibility index (Phi) is 12.7. The van der Waals surface area contributed by atoms with Crippen molar-refractivity contribution in [2.75, 3.05) is 0 Å². The molecule has 0 aliphatic rings. The van der Waals surface area contributed by atoms with Crippen LogP contribution in [0.5, 0.6) is 0 Å². The molecule has 0 atom stereocenters. The van der Waals surface area contributed by atoms with Gasteiger partial charge in [-0.15, -0.1) is 0 Å². The van der Waals surface area contributed by atoms with Gasteiger partial charge in [0.25, 0.3) is 0 Å². The van der Waals surface area contributed by atoms with Crippen molar-refractivity contribution in [2.45, 2.75) is 90.6 Å². The zero-order chi connectivity index (χ0) is 20.4. The number of nitrogens with zero attached hydrogens (tertiary/aromatic N) is 1. The molecule has 29 heavy (non-hydrogen) atoms. The van der Waals surface area contributed by atoms with E-state index in [-0.39, 0.29) is 0 Å². The van der Waals surface area contributed by atoms with Gasteiger partial charge in [-0.25, -0.2) is 0 Å². The summed E-state index contributed by atoms with van der Waals surface area (Å²) in [7, 11) is 0. The van der Waals surface area contributed by atoms with Crippen molar-refractivity contribution in [3.63, 3.8) is 0 Å². The second-order valence-corrected chi connectivity index (χ2v) is 8.23. The van der Waals surface area contributed by atoms with Gasteiger partial charge in [0.05, 0.1) is 0 Å². The number of hydrogen-bond donors (Lipinski definition) is 0. The van der Waals surface area contributed by atoms with E-state index in [2.05, 4.69) is 84.8 Å². The van der Waals surface area contributed by atoms with Crippen LogP contribution in [0.4, 0.5) is 0 Å². The number of rotatable bonds is 16. The third-order valence-corrected chi connectivity index (χ3v) is 5.50. The van der Waals surface area contributed by atoms with Gasteiger partial charge in [-0.05, 0) is 30.2 Å². The lowest BCUT2D eigenvalue weighted by molar-refractivity contribution is 0.360. The van der Waals surface area contributed by atoms with Crippen LogP contribution >= 0.6 is 0 Å². The third kappa shape index (κ3) is 11.5. The van der Waals surface area contributed by atoms with Crippen LogP contribution in [0, 0.1) is 0 Å². The van der Waals surface area contributed by atoms with Crippen LogP contribution in [-0.2, 0) is 13.1 Å². The molecule has 0 amide bonds. The fourth-order valence-electron chi connectivity index (χ4n) is 3.77. The zero-order valence-electron chi connectivity index (χ0n) is 18.6. The smallest absolute Gasteiger partial charge is 0.0427 e. The summed E-state index contributed by atoms with van der Waals surface area (Å²) in [4.78, 5) is 2.43. The average Bonchev–Trinajstić information content (AvgIpc) is 2.76. The highest BCUT2D eigenvalue weighted by atomic mass is 15.1. The molecule has 0 radical (unpaired) electrons. The molecule has 0 aliphatic heterocycles. The molecule has 0 aromatic heterocycles. The minimum Gasteiger partial charge on any atom is -0.369 e. The van der Waals surface area contributed by atoms with E-state index in [1.165, 1.54) is 81.8 Å². The molecule has 0 saturated carbocycles. The van der Waals surface area contributed by atoms with Crippen molar-refractivity contribution in [3.05, 3.63) is 84.1 Å². The number of allylic oxidation sites excluding steroid dienone is 1. The molecule has 0 spiro atoms. The summed E-state index contributed by atoms with van der Waals surface area (Å²) in [5, 5.41) is 0. The molecule has 0 bridgehead atoms. The largest absolute Gasteiger partial charge is 0.369 e. The quantitative estimate of drug-likeness (QED) is 0.259. The fraction of sp³-hybridized carbons (Fsp3) is 0.500. The Balaban J connectivity index is 1.65. The Morgan fingerprint density at radius 3 is 1.52 bits per heavy atom. The average molecular weight is 392 g/mol. The Hall–Kier alpha value is -2.02. The molecule has 0 aliphatic carbocycles. The maximum atomic E-state index is 2.43. The zero-order valence-corrected chi connectivity index (χ0v) is 18.6. The van der Waals surface area contributed by atoms with E-state index in [1.807, 2.05) is 0 Å². The molecular weight excluding hydrogens is 350 g/mol. The first-order valence-electron chi connectivity index (χ1n) is 11.9. The number of hydrogen-bond acceptors (Lipinski definition) is 1. The monoisotopic (exact) mass is 391 g/mol. The molecule has 0 saturated heterocycles. The van der Waals surface area contributed by atoms with Crippen LogP contribution < -0.4 is 0 Å². The van der Waals surface area contributed by atoms with E-state index in [1.54, 1.807) is 0 Å². The standard InChI is InChI=1S/C28H41N/c1-2-3-4-5-6-7-8-9-10-11-12-19-24-29(25-27-20-15-13-16-21-27)26-28-22-17-14-18-23-28/h13-24H,2-12,25-26H2,1H3/b24-19-. The molecule has 0 N–H and O–H groups in total. The molecule has 0 unspecified atom stereocenters. The Morgan fingerprint density at radius 1 is 0.586 bits per heavy atom. The minimum absolute atomic E-state index is 0.963. The van der Waals surface area contributed by atoms with Gasteiger partial charge in [0, 0.05) is 13.1 Å². The van der Waals surface area contributed by atoms with Gasteiger partial charge in [0.15, 0.2) is 0 Å². The van der Waals surface area contributed by atoms with Gasteiger partial charge >= 0.3 is 0 Å². The maximum Gasteiger partial charge on any atom is 0.0427 e. The van der Waals surface area contributed by atoms with E-state index in [4.69, 9.17) is 0 Å². The lowest BCUT2D eigenvalue weighted by Crippen LogP contribution is -2.16. The molecule has 2 aromatic rings. The molecule has 0 fully saturated rings. The van der Waals surface area contributed by atoms with Crippen LogP contribution in [0.2, 0.25) is 0 Å². The highest BCUT2D eigenvalue weighted by molar-refractivity contribution is 5.17. The summed E-state index contributed by atoms with van der Waals surface area (Å²) < 4.78 is 0. The topological polar surface area (TPSA) is 3.24 Å². The van der Waals surface area contributed by atoms with Crippen LogP contribution in [0.25, 0.3) is 0 Å². The van der Waals surface area contributed by atoms with Crippen LogP contribution in [0.15, 0.2) is 72.9 Å². The summed E-state index contributed by atoms with van der Waals surface area (Å²) >= 11 is 0. The van der Waals surface area contributed by atoms with Crippen LogP contribution in [0.3, 0.4) is 0 Å². The first kappa shape index (κ1) is 23.3. The Bertz CT molecular complexity index is 590. The van der Waals surface area contributed by atoms with Crippen molar-refractivity contribution < 1.29 is 0 Å². The van der Waals surface area contributed by atoms with E-state index in [0.717, 1.165) is 13.1 Å². The third-order valence-electron chi connectivity index (χ3n) is 5.50. The van der Waals surface area contributed by atoms with Gasteiger partial charge in [-0.2, -0.15) is 0 Å². The van der Waals surface area contributed by atoms with E-state index < -0.39 is 0 Å². The predicted molar refractivity (Wildman–Crippen MR) is 128 cm³/mol. The lowest BCUT2D eigenvalue weighted by atomic mass is 10.1. The Morgan fingerprint density at radius 2 is 1.03 bits per heavy atom. The van der Waals surface area contributed by atoms with Crippen LogP contribution in [0.1, 0.15) is 88.7 Å². The van der Waals surface area contributed by atoms with Gasteiger partial charge in [-0.3, -0.25) is 0 Å². The van der Waals surface area contributed by atoms with Crippen molar-refractivity contribution in [2.24, 2.45) is 0 Å². The fourth-order valence-corrected chi connectivity index (χ4v) is 3.77. The van der Waals surface area contributed by atoms with Crippen molar-refractivity contribution >= 4 is 0 Å². The van der Waals surface area contributed by atoms with Gasteiger partial charge < -0.3 is 4.90 Å². The second kappa shape index (κ2) is 15.9. The summed E-state index contributed by atoms with van der Waals surface area (Å²) in [6.07, 6.45) is 19.9. The number of unbranched alkanes of at least 4 members (excludes halogenated alkanes) is 10.